The Hall–Kier alpha value is -1.84. The number of fused-ring (bicyclic) bond motifs is 1. The van der Waals surface area contributed by atoms with E-state index in [1.165, 1.54) is 18.3 Å². The molecule has 0 N–H and O–H groups in total. The molecule has 0 aliphatic heterocycles. The molecule has 0 spiro atoms. The highest BCUT2D eigenvalue weighted by Crippen LogP contribution is 2.20. The molecule has 1 aromatic carbocycles. The fourth-order valence-corrected chi connectivity index (χ4v) is 1.47. The number of carboxylic acid groups (broad SMARTS) is 1. The largest absolute Gasteiger partial charge is 0.545 e. The van der Waals surface area contributed by atoms with Crippen LogP contribution in [-0.4, -0.2) is 10.5 Å². The Bertz CT molecular complexity index is 516. The molecule has 1 heterocycles. The van der Waals surface area contributed by atoms with Crippen molar-refractivity contribution >= 4 is 16.9 Å². The van der Waals surface area contributed by atoms with Crippen LogP contribution in [0.3, 0.4) is 0 Å². The highest BCUT2D eigenvalue weighted by molar-refractivity contribution is 5.92. The average Bonchev–Trinajstić information content (AvgIpc) is 2.42. The summed E-state index contributed by atoms with van der Waals surface area (Å²) in [7, 11) is 1.70. The van der Waals surface area contributed by atoms with Crippen molar-refractivity contribution in [2.24, 2.45) is 7.05 Å². The van der Waals surface area contributed by atoms with E-state index in [4.69, 9.17) is 0 Å². The normalized spacial score (nSPS) is 10.7. The van der Waals surface area contributed by atoms with Gasteiger partial charge in [-0.3, -0.25) is 0 Å². The summed E-state index contributed by atoms with van der Waals surface area (Å²) >= 11 is 0. The van der Waals surface area contributed by atoms with Crippen LogP contribution in [0.15, 0.2) is 24.4 Å². The van der Waals surface area contributed by atoms with Gasteiger partial charge < -0.3 is 14.5 Å². The molecule has 0 fully saturated rings. The first-order valence-electron chi connectivity index (χ1n) is 4.05. The molecule has 4 heteroatoms. The van der Waals surface area contributed by atoms with Crippen molar-refractivity contribution in [2.75, 3.05) is 0 Å². The van der Waals surface area contributed by atoms with Crippen LogP contribution in [0, 0.1) is 5.82 Å². The molecule has 0 radical (unpaired) electrons. The minimum atomic E-state index is -1.30. The molecule has 0 aliphatic rings. The number of carboxylic acids is 1. The summed E-state index contributed by atoms with van der Waals surface area (Å²) in [5.74, 6) is -1.72. The summed E-state index contributed by atoms with van der Waals surface area (Å²) in [6.07, 6.45) is 1.31. The van der Waals surface area contributed by atoms with E-state index in [2.05, 4.69) is 0 Å². The van der Waals surface area contributed by atoms with Crippen molar-refractivity contribution in [2.45, 2.75) is 0 Å². The fraction of sp³-hybridized carbons (Fsp3) is 0.100. The molecule has 0 bridgehead atoms. The molecule has 0 amide bonds. The molecule has 2 aromatic rings. The van der Waals surface area contributed by atoms with Crippen LogP contribution in [0.4, 0.5) is 4.39 Å². The van der Waals surface area contributed by atoms with Crippen molar-refractivity contribution in [1.29, 1.82) is 0 Å². The molecule has 1 aromatic heterocycles. The standard InChI is InChI=1S/C10H8FNO2/c1-12-5-8(11)7-4-6(10(13)14)2-3-9(7)12/h2-5H,1H3,(H,13,14)/p-1. The van der Waals surface area contributed by atoms with Crippen LogP contribution >= 0.6 is 0 Å². The zero-order chi connectivity index (χ0) is 10.3. The third-order valence-electron chi connectivity index (χ3n) is 2.18. The summed E-state index contributed by atoms with van der Waals surface area (Å²) in [4.78, 5) is 10.5. The third-order valence-corrected chi connectivity index (χ3v) is 2.18. The maximum atomic E-state index is 13.2. The quantitative estimate of drug-likeness (QED) is 0.667. The van der Waals surface area contributed by atoms with Gasteiger partial charge in [-0.25, -0.2) is 4.39 Å². The second-order valence-electron chi connectivity index (χ2n) is 3.11. The number of carbonyl (C=O) groups excluding carboxylic acids is 1. The Balaban J connectivity index is 2.77. The Morgan fingerprint density at radius 1 is 1.50 bits per heavy atom. The predicted molar refractivity (Wildman–Crippen MR) is 47.2 cm³/mol. The van der Waals surface area contributed by atoms with E-state index in [0.29, 0.717) is 10.9 Å². The number of nitrogens with zero attached hydrogens (tertiary/aromatic N) is 1. The van der Waals surface area contributed by atoms with E-state index in [-0.39, 0.29) is 5.56 Å². The Morgan fingerprint density at radius 3 is 2.86 bits per heavy atom. The zero-order valence-corrected chi connectivity index (χ0v) is 7.45. The first-order chi connectivity index (χ1) is 6.59. The summed E-state index contributed by atoms with van der Waals surface area (Å²) < 4.78 is 14.8. The predicted octanol–water partition coefficient (Wildman–Crippen LogP) is 0.681. The van der Waals surface area contributed by atoms with Crippen LogP contribution in [-0.2, 0) is 7.05 Å². The Kier molecular flexibility index (Phi) is 1.77. The molecular weight excluding hydrogens is 185 g/mol. The molecule has 72 valence electrons. The highest BCUT2D eigenvalue weighted by Gasteiger charge is 2.06. The van der Waals surface area contributed by atoms with Crippen LogP contribution in [0.1, 0.15) is 10.4 Å². The van der Waals surface area contributed by atoms with Gasteiger partial charge in [0, 0.05) is 18.6 Å². The van der Waals surface area contributed by atoms with E-state index >= 15 is 0 Å². The maximum absolute atomic E-state index is 13.2. The molecule has 0 aliphatic carbocycles. The average molecular weight is 192 g/mol. The van der Waals surface area contributed by atoms with Crippen LogP contribution in [0.5, 0.6) is 0 Å². The Morgan fingerprint density at radius 2 is 2.21 bits per heavy atom. The van der Waals surface area contributed by atoms with Gasteiger partial charge >= 0.3 is 0 Å². The SMILES string of the molecule is Cn1cc(F)c2cc(C(=O)[O-])ccc21. The van der Waals surface area contributed by atoms with Crippen molar-refractivity contribution in [3.05, 3.63) is 35.8 Å². The molecule has 0 saturated heterocycles. The number of aromatic nitrogens is 1. The van der Waals surface area contributed by atoms with Gasteiger partial charge in [0.1, 0.15) is 5.82 Å². The summed E-state index contributed by atoms with van der Waals surface area (Å²) in [6, 6.07) is 4.24. The number of hydrogen-bond donors (Lipinski definition) is 0. The minimum absolute atomic E-state index is 0.0115. The Labute approximate surface area is 79.4 Å². The van der Waals surface area contributed by atoms with E-state index < -0.39 is 11.8 Å². The van der Waals surface area contributed by atoms with Gasteiger partial charge in [0.25, 0.3) is 0 Å². The van der Waals surface area contributed by atoms with Gasteiger partial charge in [-0.15, -0.1) is 0 Å². The van der Waals surface area contributed by atoms with Crippen molar-refractivity contribution < 1.29 is 14.3 Å². The number of aryl methyl sites for hydroxylation is 1. The van der Waals surface area contributed by atoms with E-state index in [1.807, 2.05) is 0 Å². The lowest BCUT2D eigenvalue weighted by molar-refractivity contribution is -0.255. The lowest BCUT2D eigenvalue weighted by atomic mass is 10.1. The number of hydrogen-bond acceptors (Lipinski definition) is 2. The topological polar surface area (TPSA) is 45.1 Å². The fourth-order valence-electron chi connectivity index (χ4n) is 1.47. The monoisotopic (exact) mass is 192 g/mol. The summed E-state index contributed by atoms with van der Waals surface area (Å²) in [6.45, 7) is 0. The zero-order valence-electron chi connectivity index (χ0n) is 7.45. The van der Waals surface area contributed by atoms with E-state index in [0.717, 1.165) is 0 Å². The van der Waals surface area contributed by atoms with Crippen molar-refractivity contribution in [1.82, 2.24) is 4.57 Å². The van der Waals surface area contributed by atoms with Gasteiger partial charge in [-0.05, 0) is 17.7 Å². The molecule has 3 nitrogen and oxygen atoms in total. The third kappa shape index (κ3) is 1.16. The highest BCUT2D eigenvalue weighted by atomic mass is 19.1. The summed E-state index contributed by atoms with van der Waals surface area (Å²) in [5, 5.41) is 10.8. The van der Waals surface area contributed by atoms with Gasteiger partial charge in [0.15, 0.2) is 0 Å². The number of halogens is 1. The molecular formula is C10H7FNO2-. The molecule has 2 rings (SSSR count). The first kappa shape index (κ1) is 8.74. The number of benzene rings is 1. The first-order valence-corrected chi connectivity index (χ1v) is 4.05. The van der Waals surface area contributed by atoms with Crippen molar-refractivity contribution in [3.63, 3.8) is 0 Å². The van der Waals surface area contributed by atoms with E-state index in [9.17, 15) is 14.3 Å². The number of carbonyl (C=O) groups is 1. The van der Waals surface area contributed by atoms with Gasteiger partial charge in [0.05, 0.1) is 11.5 Å². The van der Waals surface area contributed by atoms with E-state index in [1.54, 1.807) is 17.7 Å². The number of rotatable bonds is 1. The van der Waals surface area contributed by atoms with Gasteiger partial charge in [0.2, 0.25) is 0 Å². The van der Waals surface area contributed by atoms with Crippen LogP contribution in [0.2, 0.25) is 0 Å². The lowest BCUT2D eigenvalue weighted by Crippen LogP contribution is -2.21. The lowest BCUT2D eigenvalue weighted by Gasteiger charge is -2.02. The minimum Gasteiger partial charge on any atom is -0.545 e. The molecule has 0 unspecified atom stereocenters. The van der Waals surface area contributed by atoms with Gasteiger partial charge in [-0.2, -0.15) is 0 Å². The molecule has 0 atom stereocenters. The smallest absolute Gasteiger partial charge is 0.148 e. The number of aromatic carboxylic acids is 1. The molecule has 14 heavy (non-hydrogen) atoms. The second kappa shape index (κ2) is 2.83. The molecule has 0 saturated carbocycles. The van der Waals surface area contributed by atoms with Crippen LogP contribution in [0.25, 0.3) is 10.9 Å². The maximum Gasteiger partial charge on any atom is 0.148 e. The van der Waals surface area contributed by atoms with Gasteiger partial charge in [-0.1, -0.05) is 6.07 Å². The second-order valence-corrected chi connectivity index (χ2v) is 3.11. The summed E-state index contributed by atoms with van der Waals surface area (Å²) in [5.41, 5.74) is 0.648. The van der Waals surface area contributed by atoms with Crippen LogP contribution < -0.4 is 5.11 Å². The van der Waals surface area contributed by atoms with Crippen molar-refractivity contribution in [3.8, 4) is 0 Å².